The van der Waals surface area contributed by atoms with Crippen LogP contribution in [0.25, 0.3) is 0 Å². The van der Waals surface area contributed by atoms with Crippen LogP contribution in [0, 0.1) is 5.92 Å². The minimum atomic E-state index is -0.678. The van der Waals surface area contributed by atoms with Crippen molar-refractivity contribution in [2.75, 3.05) is 33.5 Å². The second-order valence-electron chi connectivity index (χ2n) is 3.42. The van der Waals surface area contributed by atoms with Gasteiger partial charge in [0.05, 0.1) is 19.8 Å². The van der Waals surface area contributed by atoms with Gasteiger partial charge in [0.25, 0.3) is 0 Å². The van der Waals surface area contributed by atoms with Crippen molar-refractivity contribution in [2.24, 2.45) is 11.7 Å². The van der Waals surface area contributed by atoms with Crippen LogP contribution in [0.3, 0.4) is 0 Å². The number of rotatable bonds is 5. The first-order chi connectivity index (χ1) is 6.74. The molecule has 2 unspecified atom stereocenters. The van der Waals surface area contributed by atoms with Crippen LogP contribution in [0.2, 0.25) is 0 Å². The highest BCUT2D eigenvalue weighted by Crippen LogP contribution is 2.12. The molecule has 0 bridgehead atoms. The normalized spacial score (nSPS) is 23.4. The molecular weight excluding hydrogens is 186 g/mol. The van der Waals surface area contributed by atoms with Crippen molar-refractivity contribution in [3.63, 3.8) is 0 Å². The standard InChI is InChI=1S/C9H17NO4/c1-12-6-8(10)9(11)14-5-7-2-3-13-4-7/h7-8H,2-6,10H2,1H3. The average molecular weight is 203 g/mol. The maximum Gasteiger partial charge on any atom is 0.325 e. The number of ether oxygens (including phenoxy) is 3. The van der Waals surface area contributed by atoms with E-state index < -0.39 is 12.0 Å². The van der Waals surface area contributed by atoms with E-state index >= 15 is 0 Å². The summed E-state index contributed by atoms with van der Waals surface area (Å²) in [5, 5.41) is 0. The molecule has 0 aliphatic carbocycles. The highest BCUT2D eigenvalue weighted by atomic mass is 16.5. The largest absolute Gasteiger partial charge is 0.464 e. The Bertz CT molecular complexity index is 180. The topological polar surface area (TPSA) is 70.8 Å². The molecule has 1 fully saturated rings. The molecule has 1 heterocycles. The molecule has 0 aromatic heterocycles. The number of hydrogen-bond acceptors (Lipinski definition) is 5. The van der Waals surface area contributed by atoms with Gasteiger partial charge in [0.2, 0.25) is 0 Å². The van der Waals surface area contributed by atoms with Gasteiger partial charge in [0, 0.05) is 19.6 Å². The van der Waals surface area contributed by atoms with Crippen molar-refractivity contribution in [1.29, 1.82) is 0 Å². The number of methoxy groups -OCH3 is 1. The first-order valence-corrected chi connectivity index (χ1v) is 4.73. The summed E-state index contributed by atoms with van der Waals surface area (Å²) < 4.78 is 14.9. The lowest BCUT2D eigenvalue weighted by Crippen LogP contribution is -2.37. The minimum absolute atomic E-state index is 0.194. The van der Waals surface area contributed by atoms with Gasteiger partial charge in [-0.15, -0.1) is 0 Å². The van der Waals surface area contributed by atoms with Crippen molar-refractivity contribution in [1.82, 2.24) is 0 Å². The van der Waals surface area contributed by atoms with Crippen LogP contribution in [-0.2, 0) is 19.0 Å². The van der Waals surface area contributed by atoms with E-state index in [4.69, 9.17) is 19.9 Å². The molecule has 5 heteroatoms. The van der Waals surface area contributed by atoms with Crippen LogP contribution in [0.1, 0.15) is 6.42 Å². The molecule has 82 valence electrons. The summed E-state index contributed by atoms with van der Waals surface area (Å²) in [5.41, 5.74) is 5.48. The summed E-state index contributed by atoms with van der Waals surface area (Å²) in [6, 6.07) is -0.678. The van der Waals surface area contributed by atoms with Crippen molar-refractivity contribution < 1.29 is 19.0 Å². The zero-order valence-corrected chi connectivity index (χ0v) is 8.40. The molecule has 0 spiro atoms. The number of hydrogen-bond donors (Lipinski definition) is 1. The number of nitrogens with two attached hydrogens (primary N) is 1. The average Bonchev–Trinajstić information content (AvgIpc) is 2.67. The van der Waals surface area contributed by atoms with Gasteiger partial charge in [0.15, 0.2) is 0 Å². The van der Waals surface area contributed by atoms with E-state index in [9.17, 15) is 4.79 Å². The SMILES string of the molecule is COCC(N)C(=O)OCC1CCOC1. The van der Waals surface area contributed by atoms with Crippen LogP contribution in [-0.4, -0.2) is 45.5 Å². The molecule has 0 saturated carbocycles. The van der Waals surface area contributed by atoms with Crippen molar-refractivity contribution >= 4 is 5.97 Å². The minimum Gasteiger partial charge on any atom is -0.464 e. The molecule has 0 aromatic rings. The summed E-state index contributed by atoms with van der Waals surface area (Å²) in [6.45, 7) is 2.02. The summed E-state index contributed by atoms with van der Waals surface area (Å²) in [5.74, 6) is -0.0764. The summed E-state index contributed by atoms with van der Waals surface area (Å²) in [6.07, 6.45) is 0.951. The Hall–Kier alpha value is -0.650. The quantitative estimate of drug-likeness (QED) is 0.612. The summed E-state index contributed by atoms with van der Waals surface area (Å²) in [7, 11) is 1.50. The molecule has 2 atom stereocenters. The van der Waals surface area contributed by atoms with Gasteiger partial charge in [-0.05, 0) is 6.42 Å². The fourth-order valence-corrected chi connectivity index (χ4v) is 1.27. The molecular formula is C9H17NO4. The zero-order chi connectivity index (χ0) is 10.4. The highest BCUT2D eigenvalue weighted by Gasteiger charge is 2.20. The maximum atomic E-state index is 11.2. The van der Waals surface area contributed by atoms with E-state index in [1.54, 1.807) is 0 Å². The third-order valence-electron chi connectivity index (χ3n) is 2.13. The lowest BCUT2D eigenvalue weighted by atomic mass is 10.1. The molecule has 1 saturated heterocycles. The van der Waals surface area contributed by atoms with E-state index in [2.05, 4.69) is 0 Å². The lowest BCUT2D eigenvalue weighted by Gasteiger charge is -2.12. The molecule has 0 radical (unpaired) electrons. The molecule has 14 heavy (non-hydrogen) atoms. The van der Waals surface area contributed by atoms with Crippen molar-refractivity contribution in [3.05, 3.63) is 0 Å². The predicted octanol–water partition coefficient (Wildman–Crippen LogP) is -0.460. The Morgan fingerprint density at radius 3 is 3.07 bits per heavy atom. The lowest BCUT2D eigenvalue weighted by molar-refractivity contribution is -0.147. The van der Waals surface area contributed by atoms with Crippen LogP contribution >= 0.6 is 0 Å². The molecule has 2 N–H and O–H groups in total. The monoisotopic (exact) mass is 203 g/mol. The Labute approximate surface area is 83.5 Å². The smallest absolute Gasteiger partial charge is 0.325 e. The van der Waals surface area contributed by atoms with Gasteiger partial charge in [-0.25, -0.2) is 0 Å². The number of carbonyl (C=O) groups excluding carboxylic acids is 1. The molecule has 1 rings (SSSR count). The molecule has 0 aromatic carbocycles. The molecule has 1 aliphatic heterocycles. The van der Waals surface area contributed by atoms with E-state index in [1.807, 2.05) is 0 Å². The zero-order valence-electron chi connectivity index (χ0n) is 8.40. The van der Waals surface area contributed by atoms with Gasteiger partial charge in [0.1, 0.15) is 6.04 Å². The van der Waals surface area contributed by atoms with Crippen molar-refractivity contribution in [2.45, 2.75) is 12.5 Å². The van der Waals surface area contributed by atoms with Crippen LogP contribution < -0.4 is 5.73 Å². The Kier molecular flexibility index (Phi) is 4.86. The van der Waals surface area contributed by atoms with Gasteiger partial charge in [-0.2, -0.15) is 0 Å². The van der Waals surface area contributed by atoms with E-state index in [-0.39, 0.29) is 6.61 Å². The van der Waals surface area contributed by atoms with Gasteiger partial charge >= 0.3 is 5.97 Å². The molecule has 0 amide bonds. The van der Waals surface area contributed by atoms with Crippen LogP contribution in [0.5, 0.6) is 0 Å². The number of carbonyl (C=O) groups is 1. The first-order valence-electron chi connectivity index (χ1n) is 4.73. The van der Waals surface area contributed by atoms with Crippen molar-refractivity contribution in [3.8, 4) is 0 Å². The predicted molar refractivity (Wildman–Crippen MR) is 49.7 cm³/mol. The molecule has 1 aliphatic rings. The summed E-state index contributed by atoms with van der Waals surface area (Å²) >= 11 is 0. The molecule has 5 nitrogen and oxygen atoms in total. The van der Waals surface area contributed by atoms with Gasteiger partial charge in [-0.1, -0.05) is 0 Å². The van der Waals surface area contributed by atoms with E-state index in [1.165, 1.54) is 7.11 Å². The van der Waals surface area contributed by atoms with E-state index in [0.29, 0.717) is 19.1 Å². The Morgan fingerprint density at radius 2 is 2.50 bits per heavy atom. The Morgan fingerprint density at radius 1 is 1.71 bits per heavy atom. The van der Waals surface area contributed by atoms with Crippen LogP contribution in [0.15, 0.2) is 0 Å². The fraction of sp³-hybridized carbons (Fsp3) is 0.889. The second kappa shape index (κ2) is 5.95. The first kappa shape index (κ1) is 11.4. The van der Waals surface area contributed by atoms with Gasteiger partial charge in [-0.3, -0.25) is 4.79 Å². The summed E-state index contributed by atoms with van der Waals surface area (Å²) in [4.78, 5) is 11.2. The van der Waals surface area contributed by atoms with Gasteiger partial charge < -0.3 is 19.9 Å². The third-order valence-corrected chi connectivity index (χ3v) is 2.13. The Balaban J connectivity index is 2.13. The van der Waals surface area contributed by atoms with E-state index in [0.717, 1.165) is 13.0 Å². The number of esters is 1. The second-order valence-corrected chi connectivity index (χ2v) is 3.42. The maximum absolute atomic E-state index is 11.2. The van der Waals surface area contributed by atoms with Crippen LogP contribution in [0.4, 0.5) is 0 Å². The third kappa shape index (κ3) is 3.61. The highest BCUT2D eigenvalue weighted by molar-refractivity contribution is 5.75. The fourth-order valence-electron chi connectivity index (χ4n) is 1.27.